The Hall–Kier alpha value is -3.04. The number of halogens is 1. The molecule has 5 rings (SSSR count). The molecular weight excluding hydrogens is 518 g/mol. The van der Waals surface area contributed by atoms with Crippen LogP contribution in [0.4, 0.5) is 5.13 Å². The molecule has 1 unspecified atom stereocenters. The fourth-order valence-electron chi connectivity index (χ4n) is 4.08. The third-order valence-corrected chi connectivity index (χ3v) is 7.10. The van der Waals surface area contributed by atoms with E-state index in [1.807, 2.05) is 31.2 Å². The smallest absolute Gasteiger partial charge is 0.297 e. The lowest BCUT2D eigenvalue weighted by molar-refractivity contribution is 0.0970. The highest BCUT2D eigenvalue weighted by Crippen LogP contribution is 2.42. The van der Waals surface area contributed by atoms with E-state index in [9.17, 15) is 9.59 Å². The molecule has 0 N–H and O–H groups in total. The van der Waals surface area contributed by atoms with E-state index in [0.717, 1.165) is 40.1 Å². The van der Waals surface area contributed by atoms with Crippen LogP contribution in [0.25, 0.3) is 11.0 Å². The van der Waals surface area contributed by atoms with Crippen LogP contribution < -0.4 is 15.1 Å². The van der Waals surface area contributed by atoms with Crippen molar-refractivity contribution in [2.24, 2.45) is 0 Å². The molecule has 1 atom stereocenters. The summed E-state index contributed by atoms with van der Waals surface area (Å²) in [5.41, 5.74) is 1.21. The SMILES string of the molecule is CCCOc1ccc(C2c3c(oc4ccc(Br)cc4c3=O)C(=O)N2c2nnc(CCC)s2)cc1. The molecule has 0 spiro atoms. The van der Waals surface area contributed by atoms with Crippen LogP contribution in [-0.2, 0) is 6.42 Å². The Bertz CT molecular complexity index is 1430. The minimum Gasteiger partial charge on any atom is -0.494 e. The van der Waals surface area contributed by atoms with Gasteiger partial charge in [0.25, 0.3) is 5.91 Å². The molecule has 2 aromatic carbocycles. The van der Waals surface area contributed by atoms with Crippen molar-refractivity contribution >= 4 is 49.3 Å². The van der Waals surface area contributed by atoms with E-state index >= 15 is 0 Å². The van der Waals surface area contributed by atoms with Crippen molar-refractivity contribution in [2.45, 2.75) is 39.2 Å². The summed E-state index contributed by atoms with van der Waals surface area (Å²) in [6.45, 7) is 4.73. The number of nitrogens with zero attached hydrogens (tertiary/aromatic N) is 3. The first-order valence-electron chi connectivity index (χ1n) is 11.2. The summed E-state index contributed by atoms with van der Waals surface area (Å²) < 4.78 is 12.5. The van der Waals surface area contributed by atoms with Crippen molar-refractivity contribution < 1.29 is 13.9 Å². The minimum absolute atomic E-state index is 0.0448. The molecule has 4 aromatic rings. The average molecular weight is 540 g/mol. The Morgan fingerprint density at radius 1 is 1.09 bits per heavy atom. The maximum Gasteiger partial charge on any atom is 0.297 e. The number of anilines is 1. The van der Waals surface area contributed by atoms with Gasteiger partial charge in [-0.3, -0.25) is 14.5 Å². The molecule has 0 bridgehead atoms. The summed E-state index contributed by atoms with van der Waals surface area (Å²) in [5.74, 6) is 0.383. The van der Waals surface area contributed by atoms with Crippen LogP contribution in [0.15, 0.2) is 56.1 Å². The van der Waals surface area contributed by atoms with Crippen molar-refractivity contribution in [2.75, 3.05) is 11.5 Å². The zero-order valence-electron chi connectivity index (χ0n) is 18.7. The molecule has 34 heavy (non-hydrogen) atoms. The zero-order chi connectivity index (χ0) is 23.8. The van der Waals surface area contributed by atoms with E-state index < -0.39 is 11.9 Å². The van der Waals surface area contributed by atoms with Gasteiger partial charge in [-0.1, -0.05) is 53.2 Å². The van der Waals surface area contributed by atoms with E-state index in [4.69, 9.17) is 9.15 Å². The van der Waals surface area contributed by atoms with Gasteiger partial charge in [-0.25, -0.2) is 0 Å². The zero-order valence-corrected chi connectivity index (χ0v) is 21.1. The number of rotatable bonds is 7. The molecule has 9 heteroatoms. The number of benzene rings is 2. The van der Waals surface area contributed by atoms with Crippen LogP contribution >= 0.6 is 27.3 Å². The molecule has 0 aliphatic carbocycles. The van der Waals surface area contributed by atoms with Crippen LogP contribution in [0.5, 0.6) is 5.75 Å². The molecule has 1 amide bonds. The Kier molecular flexibility index (Phi) is 6.22. The quantitative estimate of drug-likeness (QED) is 0.290. The summed E-state index contributed by atoms with van der Waals surface area (Å²) in [5, 5.41) is 10.3. The number of fused-ring (bicyclic) bond motifs is 2. The Morgan fingerprint density at radius 3 is 2.62 bits per heavy atom. The highest BCUT2D eigenvalue weighted by atomic mass is 79.9. The summed E-state index contributed by atoms with van der Waals surface area (Å²) >= 11 is 4.79. The number of ether oxygens (including phenoxy) is 1. The molecular formula is C25H22BrN3O4S. The first-order valence-corrected chi connectivity index (χ1v) is 12.8. The van der Waals surface area contributed by atoms with E-state index in [1.165, 1.54) is 16.2 Å². The van der Waals surface area contributed by atoms with E-state index in [1.54, 1.807) is 18.2 Å². The molecule has 174 valence electrons. The lowest BCUT2D eigenvalue weighted by Gasteiger charge is -2.22. The van der Waals surface area contributed by atoms with Gasteiger partial charge in [0.2, 0.25) is 10.9 Å². The monoisotopic (exact) mass is 539 g/mol. The van der Waals surface area contributed by atoms with Crippen molar-refractivity contribution in [1.82, 2.24) is 10.2 Å². The minimum atomic E-state index is -0.676. The van der Waals surface area contributed by atoms with E-state index in [2.05, 4.69) is 33.1 Å². The van der Waals surface area contributed by atoms with Crippen molar-refractivity contribution in [3.63, 3.8) is 0 Å². The number of aryl methyl sites for hydroxylation is 1. The summed E-state index contributed by atoms with van der Waals surface area (Å²) in [7, 11) is 0. The third kappa shape index (κ3) is 3.92. The second-order valence-corrected chi connectivity index (χ2v) is 9.99. The maximum absolute atomic E-state index is 13.7. The molecule has 7 nitrogen and oxygen atoms in total. The Balaban J connectivity index is 1.69. The average Bonchev–Trinajstić information content (AvgIpc) is 3.41. The van der Waals surface area contributed by atoms with Gasteiger partial charge < -0.3 is 9.15 Å². The fraction of sp³-hybridized carbons (Fsp3) is 0.280. The summed E-state index contributed by atoms with van der Waals surface area (Å²) in [4.78, 5) is 28.8. The van der Waals surface area contributed by atoms with Crippen molar-refractivity contribution in [3.05, 3.63) is 79.1 Å². The van der Waals surface area contributed by atoms with E-state index in [-0.39, 0.29) is 11.2 Å². The Labute approximate surface area is 208 Å². The van der Waals surface area contributed by atoms with Crippen LogP contribution in [0, 0.1) is 0 Å². The van der Waals surface area contributed by atoms with Gasteiger partial charge in [-0.2, -0.15) is 0 Å². The second kappa shape index (κ2) is 9.31. The van der Waals surface area contributed by atoms with Crippen LogP contribution in [0.2, 0.25) is 0 Å². The number of hydrogen-bond donors (Lipinski definition) is 0. The van der Waals surface area contributed by atoms with Gasteiger partial charge in [0.15, 0.2) is 5.43 Å². The maximum atomic E-state index is 13.7. The number of hydrogen-bond acceptors (Lipinski definition) is 7. The summed E-state index contributed by atoms with van der Waals surface area (Å²) in [6.07, 6.45) is 2.60. The summed E-state index contributed by atoms with van der Waals surface area (Å²) in [6, 6.07) is 12.0. The molecule has 1 aliphatic rings. The van der Waals surface area contributed by atoms with Gasteiger partial charge in [0, 0.05) is 10.9 Å². The first kappa shape index (κ1) is 22.7. The van der Waals surface area contributed by atoms with Gasteiger partial charge >= 0.3 is 0 Å². The van der Waals surface area contributed by atoms with Crippen LogP contribution in [-0.4, -0.2) is 22.7 Å². The number of aromatic nitrogens is 2. The highest BCUT2D eigenvalue weighted by Gasteiger charge is 2.45. The number of carbonyl (C=O) groups is 1. The molecule has 0 saturated heterocycles. The molecule has 2 aromatic heterocycles. The Morgan fingerprint density at radius 2 is 1.88 bits per heavy atom. The predicted molar refractivity (Wildman–Crippen MR) is 135 cm³/mol. The van der Waals surface area contributed by atoms with Crippen LogP contribution in [0.3, 0.4) is 0 Å². The molecule has 1 aliphatic heterocycles. The molecule has 0 radical (unpaired) electrons. The second-order valence-electron chi connectivity index (χ2n) is 8.04. The normalized spacial score (nSPS) is 15.2. The van der Waals surface area contributed by atoms with Crippen molar-refractivity contribution in [3.8, 4) is 5.75 Å². The van der Waals surface area contributed by atoms with Gasteiger partial charge in [0.1, 0.15) is 16.3 Å². The van der Waals surface area contributed by atoms with Crippen molar-refractivity contribution in [1.29, 1.82) is 0 Å². The lowest BCUT2D eigenvalue weighted by atomic mass is 9.98. The van der Waals surface area contributed by atoms with E-state index in [0.29, 0.717) is 28.3 Å². The molecule has 0 saturated carbocycles. The largest absolute Gasteiger partial charge is 0.494 e. The third-order valence-electron chi connectivity index (χ3n) is 5.63. The predicted octanol–water partition coefficient (Wildman–Crippen LogP) is 5.90. The topological polar surface area (TPSA) is 85.5 Å². The number of amides is 1. The van der Waals surface area contributed by atoms with Gasteiger partial charge in [-0.05, 0) is 48.7 Å². The van der Waals surface area contributed by atoms with Crippen LogP contribution in [0.1, 0.15) is 59.4 Å². The highest BCUT2D eigenvalue weighted by molar-refractivity contribution is 9.10. The molecule has 0 fully saturated rings. The lowest BCUT2D eigenvalue weighted by Crippen LogP contribution is -2.29. The van der Waals surface area contributed by atoms with Gasteiger partial charge in [0.05, 0.1) is 23.6 Å². The first-order chi connectivity index (χ1) is 16.5. The molecule has 3 heterocycles. The number of carbonyl (C=O) groups excluding carboxylic acids is 1. The van der Waals surface area contributed by atoms with Gasteiger partial charge in [-0.15, -0.1) is 10.2 Å². The fourth-order valence-corrected chi connectivity index (χ4v) is 5.41. The standard InChI is InChI=1S/C25H22BrN3O4S/c1-3-5-19-27-28-25(34-19)29-21(14-6-9-16(10-7-14)32-12-4-2)20-22(30)17-13-15(26)8-11-18(17)33-23(20)24(29)31/h6-11,13,21H,3-5,12H2,1-2H3.